The van der Waals surface area contributed by atoms with Gasteiger partial charge in [-0.15, -0.1) is 0 Å². The molecule has 4 heterocycles. The van der Waals surface area contributed by atoms with Crippen molar-refractivity contribution in [2.45, 2.75) is 78.6 Å². The molecule has 6 heteroatoms. The van der Waals surface area contributed by atoms with Crippen molar-refractivity contribution >= 4 is 43.6 Å². The third-order valence-electron chi connectivity index (χ3n) is 9.70. The summed E-state index contributed by atoms with van der Waals surface area (Å²) < 4.78 is 6.88. The predicted octanol–water partition coefficient (Wildman–Crippen LogP) is 10.2. The molecule has 0 saturated heterocycles. The number of benzene rings is 4. The Morgan fingerprint density at radius 2 is 0.980 bits per heavy atom. The lowest BCUT2D eigenvalue weighted by Gasteiger charge is -2.21. The molecule has 0 unspecified atom stereocenters. The summed E-state index contributed by atoms with van der Waals surface area (Å²) in [5.41, 5.74) is 6.29. The van der Waals surface area contributed by atoms with E-state index in [4.69, 9.17) is 15.0 Å². The van der Waals surface area contributed by atoms with Crippen LogP contribution in [0.25, 0.3) is 60.9 Å². The van der Waals surface area contributed by atoms with Crippen LogP contribution in [0.15, 0.2) is 109 Å². The SMILES string of the molecule is CC(C)(C)c1cnc(C(C)(C)C)[n+](-c2ccc3c(c2)c2ccccc2n3-c2cc(-n3c4ccccc4c4ccccc43)nc(C(C)(C)C)n2)c1. The Hall–Kier alpha value is -5.36. The second kappa shape index (κ2) is 11.1. The van der Waals surface area contributed by atoms with Gasteiger partial charge in [-0.3, -0.25) is 9.13 Å². The Balaban J connectivity index is 1.41. The van der Waals surface area contributed by atoms with Crippen molar-refractivity contribution in [2.24, 2.45) is 0 Å². The Kier molecular flexibility index (Phi) is 7.06. The van der Waals surface area contributed by atoms with E-state index in [1.807, 2.05) is 6.20 Å². The lowest BCUT2D eigenvalue weighted by molar-refractivity contribution is -0.612. The van der Waals surface area contributed by atoms with E-state index in [1.54, 1.807) is 0 Å². The van der Waals surface area contributed by atoms with Gasteiger partial charge in [0.05, 0.1) is 27.5 Å². The number of hydrogen-bond donors (Lipinski definition) is 0. The fraction of sp³-hybridized carbons (Fsp3) is 0.273. The summed E-state index contributed by atoms with van der Waals surface area (Å²) >= 11 is 0. The van der Waals surface area contributed by atoms with Crippen molar-refractivity contribution in [3.05, 3.63) is 127 Å². The predicted molar refractivity (Wildman–Crippen MR) is 206 cm³/mol. The first-order valence-electron chi connectivity index (χ1n) is 17.5. The number of rotatable bonds is 3. The molecular weight excluding hydrogens is 613 g/mol. The molecule has 0 atom stereocenters. The lowest BCUT2D eigenvalue weighted by atomic mass is 9.88. The van der Waals surface area contributed by atoms with Gasteiger partial charge in [0.2, 0.25) is 0 Å². The molecule has 0 aliphatic carbocycles. The highest BCUT2D eigenvalue weighted by Gasteiger charge is 2.32. The first-order valence-corrected chi connectivity index (χ1v) is 17.5. The number of nitrogens with zero attached hydrogens (tertiary/aromatic N) is 6. The van der Waals surface area contributed by atoms with E-state index in [0.717, 1.165) is 51.0 Å². The number of hydrogen-bond acceptors (Lipinski definition) is 3. The van der Waals surface area contributed by atoms with E-state index in [2.05, 4.69) is 179 Å². The summed E-state index contributed by atoms with van der Waals surface area (Å²) in [6.45, 7) is 19.9. The number of fused-ring (bicyclic) bond motifs is 6. The Morgan fingerprint density at radius 3 is 1.46 bits per heavy atom. The Bertz CT molecular complexity index is 2550. The third-order valence-corrected chi connectivity index (χ3v) is 9.70. The summed E-state index contributed by atoms with van der Waals surface area (Å²) in [5.74, 6) is 3.52. The van der Waals surface area contributed by atoms with Crippen molar-refractivity contribution < 1.29 is 4.57 Å². The highest BCUT2D eigenvalue weighted by molar-refractivity contribution is 6.10. The molecule has 0 spiro atoms. The molecule has 0 fully saturated rings. The Morgan fingerprint density at radius 1 is 0.500 bits per heavy atom. The summed E-state index contributed by atoms with van der Waals surface area (Å²) in [4.78, 5) is 15.6. The fourth-order valence-electron chi connectivity index (χ4n) is 7.08. The summed E-state index contributed by atoms with van der Waals surface area (Å²) in [6, 6.07) is 34.8. The first kappa shape index (κ1) is 31.9. The molecule has 250 valence electrons. The van der Waals surface area contributed by atoms with Gasteiger partial charge in [-0.1, -0.05) is 101 Å². The van der Waals surface area contributed by atoms with E-state index < -0.39 is 0 Å². The van der Waals surface area contributed by atoms with Crippen LogP contribution in [0.2, 0.25) is 0 Å². The zero-order valence-corrected chi connectivity index (χ0v) is 30.6. The summed E-state index contributed by atoms with van der Waals surface area (Å²) in [6.07, 6.45) is 4.31. The van der Waals surface area contributed by atoms with E-state index >= 15 is 0 Å². The van der Waals surface area contributed by atoms with Gasteiger partial charge in [0.15, 0.2) is 0 Å². The second-order valence-corrected chi connectivity index (χ2v) is 16.6. The molecule has 0 radical (unpaired) electrons. The molecular formula is C44H45N6+. The maximum absolute atomic E-state index is 5.31. The van der Waals surface area contributed by atoms with Gasteiger partial charge in [0.1, 0.15) is 35.5 Å². The quantitative estimate of drug-likeness (QED) is 0.178. The molecule has 0 N–H and O–H groups in total. The minimum atomic E-state index is -0.277. The fourth-order valence-corrected chi connectivity index (χ4v) is 7.08. The van der Waals surface area contributed by atoms with Crippen molar-refractivity contribution in [3.8, 4) is 17.3 Å². The average molecular weight is 658 g/mol. The van der Waals surface area contributed by atoms with Gasteiger partial charge in [0, 0.05) is 38.6 Å². The monoisotopic (exact) mass is 657 g/mol. The van der Waals surface area contributed by atoms with Crippen LogP contribution < -0.4 is 4.57 Å². The van der Waals surface area contributed by atoms with Gasteiger partial charge >= 0.3 is 5.82 Å². The van der Waals surface area contributed by atoms with Crippen LogP contribution in [-0.4, -0.2) is 24.1 Å². The first-order chi connectivity index (χ1) is 23.7. The third kappa shape index (κ3) is 5.17. The van der Waals surface area contributed by atoms with Crippen LogP contribution in [0.1, 0.15) is 79.5 Å². The molecule has 6 nitrogen and oxygen atoms in total. The average Bonchev–Trinajstić information content (AvgIpc) is 3.59. The van der Waals surface area contributed by atoms with Gasteiger partial charge in [-0.25, -0.2) is 9.97 Å². The maximum Gasteiger partial charge on any atom is 0.308 e. The number of para-hydroxylation sites is 3. The van der Waals surface area contributed by atoms with Crippen LogP contribution in [0.3, 0.4) is 0 Å². The van der Waals surface area contributed by atoms with Crippen molar-refractivity contribution in [3.63, 3.8) is 0 Å². The molecule has 0 aliphatic heterocycles. The second-order valence-electron chi connectivity index (χ2n) is 16.6. The Labute approximate surface area is 294 Å². The van der Waals surface area contributed by atoms with Crippen molar-refractivity contribution in [1.82, 2.24) is 24.1 Å². The van der Waals surface area contributed by atoms with E-state index in [9.17, 15) is 0 Å². The van der Waals surface area contributed by atoms with Gasteiger partial charge < -0.3 is 0 Å². The standard InChI is InChI=1S/C44H45N6/c1-42(2,3)28-26-45-41(44(7,8)9)48(27-28)29-22-23-37-33(24-29)32-18-12-15-21-36(32)50(37)39-25-38(46-40(47-39)43(4,5)6)49-34-19-13-10-16-30(34)31-17-11-14-20-35(31)49/h10-27H,1-9H3/q+1. The molecule has 0 bridgehead atoms. The zero-order chi connectivity index (χ0) is 35.2. The minimum Gasteiger partial charge on any atom is -0.294 e. The lowest BCUT2D eigenvalue weighted by Crippen LogP contribution is -2.43. The molecule has 8 rings (SSSR count). The van der Waals surface area contributed by atoms with Crippen LogP contribution >= 0.6 is 0 Å². The van der Waals surface area contributed by atoms with Crippen LogP contribution in [-0.2, 0) is 16.2 Å². The summed E-state index contributed by atoms with van der Waals surface area (Å²) in [5, 5.41) is 4.77. The smallest absolute Gasteiger partial charge is 0.294 e. The molecule has 0 amide bonds. The molecule has 8 aromatic rings. The highest BCUT2D eigenvalue weighted by atomic mass is 15.2. The van der Waals surface area contributed by atoms with Gasteiger partial charge in [-0.2, -0.15) is 4.57 Å². The molecule has 0 aliphatic rings. The normalized spacial score (nSPS) is 12.9. The molecule has 4 aromatic heterocycles. The van der Waals surface area contributed by atoms with Crippen molar-refractivity contribution in [1.29, 1.82) is 0 Å². The van der Waals surface area contributed by atoms with Gasteiger partial charge in [-0.05, 0) is 62.6 Å². The van der Waals surface area contributed by atoms with Gasteiger partial charge in [0.25, 0.3) is 0 Å². The highest BCUT2D eigenvalue weighted by Crippen LogP contribution is 2.36. The molecule has 50 heavy (non-hydrogen) atoms. The summed E-state index contributed by atoms with van der Waals surface area (Å²) in [7, 11) is 0. The van der Waals surface area contributed by atoms with E-state index in [1.165, 1.54) is 27.1 Å². The molecule has 4 aromatic carbocycles. The molecule has 0 saturated carbocycles. The number of aromatic nitrogens is 6. The minimum absolute atomic E-state index is 0.0306. The van der Waals surface area contributed by atoms with Crippen LogP contribution in [0.4, 0.5) is 0 Å². The zero-order valence-electron chi connectivity index (χ0n) is 30.6. The van der Waals surface area contributed by atoms with Crippen molar-refractivity contribution in [2.75, 3.05) is 0 Å². The van der Waals surface area contributed by atoms with Crippen LogP contribution in [0.5, 0.6) is 0 Å². The van der Waals surface area contributed by atoms with E-state index in [-0.39, 0.29) is 16.2 Å². The maximum atomic E-state index is 5.31. The topological polar surface area (TPSA) is 52.4 Å². The largest absolute Gasteiger partial charge is 0.308 e. The van der Waals surface area contributed by atoms with Crippen LogP contribution in [0, 0.1) is 0 Å². The van der Waals surface area contributed by atoms with E-state index in [0.29, 0.717) is 0 Å².